The fourth-order valence-electron chi connectivity index (χ4n) is 0.430. The largest absolute Gasteiger partial charge is 0.470 e. The molecule has 0 aliphatic rings. The molecule has 1 aromatic rings. The number of nitrogens with zero attached hydrogens (tertiary/aromatic N) is 1. The molecule has 1 aromatic heterocycles. The molecule has 9 heavy (non-hydrogen) atoms. The second-order valence-electron chi connectivity index (χ2n) is 1.36. The van der Waals surface area contributed by atoms with Crippen molar-refractivity contribution >= 4 is 27.3 Å². The van der Waals surface area contributed by atoms with E-state index < -0.39 is 0 Å². The van der Waals surface area contributed by atoms with Gasteiger partial charge < -0.3 is 4.74 Å². The minimum absolute atomic E-state index is 0.681. The average Bonchev–Trinajstić information content (AvgIpc) is 2.17. The second kappa shape index (κ2) is 3.17. The van der Waals surface area contributed by atoms with Crippen LogP contribution in [0.3, 0.4) is 0 Å². The zero-order chi connectivity index (χ0) is 6.69. The molecule has 0 N–H and O–H groups in total. The lowest BCUT2D eigenvalue weighted by atomic mass is 10.9. The maximum atomic E-state index is 5.10. The number of halogens is 1. The van der Waals surface area contributed by atoms with Crippen LogP contribution in [0.15, 0.2) is 9.98 Å². The number of rotatable bonds is 2. The number of hydrogen-bond donors (Lipinski definition) is 0. The van der Waals surface area contributed by atoms with E-state index in [9.17, 15) is 0 Å². The van der Waals surface area contributed by atoms with Gasteiger partial charge in [-0.2, -0.15) is 0 Å². The average molecular weight is 208 g/mol. The molecule has 0 bridgehead atoms. The van der Waals surface area contributed by atoms with E-state index in [1.165, 1.54) is 11.3 Å². The van der Waals surface area contributed by atoms with Gasteiger partial charge in [0.1, 0.15) is 0 Å². The highest BCUT2D eigenvalue weighted by Gasteiger charge is 1.96. The Balaban J connectivity index is 2.61. The van der Waals surface area contributed by atoms with Gasteiger partial charge in [-0.05, 0) is 22.9 Å². The monoisotopic (exact) mass is 207 g/mol. The van der Waals surface area contributed by atoms with Crippen molar-refractivity contribution in [1.82, 2.24) is 4.98 Å². The molecule has 1 heterocycles. The Bertz CT molecular complexity index is 189. The minimum Gasteiger partial charge on any atom is -0.470 e. The first kappa shape index (κ1) is 7.02. The number of ether oxygens (including phenoxy) is 1. The van der Waals surface area contributed by atoms with Crippen LogP contribution < -0.4 is 4.74 Å². The highest BCUT2D eigenvalue weighted by atomic mass is 79.9. The molecule has 0 saturated heterocycles. The summed E-state index contributed by atoms with van der Waals surface area (Å²) in [6.07, 6.45) is 1.73. The van der Waals surface area contributed by atoms with Gasteiger partial charge in [-0.3, -0.25) is 0 Å². The summed E-state index contributed by atoms with van der Waals surface area (Å²) in [7, 11) is 0. The second-order valence-corrected chi connectivity index (χ2v) is 3.74. The van der Waals surface area contributed by atoms with Crippen LogP contribution in [0.4, 0.5) is 0 Å². The fourth-order valence-corrected chi connectivity index (χ4v) is 1.50. The normalized spacial score (nSPS) is 9.56. The quantitative estimate of drug-likeness (QED) is 0.743. The molecule has 0 fully saturated rings. The first-order valence-electron chi connectivity index (χ1n) is 2.57. The van der Waals surface area contributed by atoms with E-state index >= 15 is 0 Å². The fraction of sp³-hybridized carbons (Fsp3) is 0.400. The summed E-state index contributed by atoms with van der Waals surface area (Å²) < 4.78 is 6.11. The van der Waals surface area contributed by atoms with Crippen molar-refractivity contribution in [2.75, 3.05) is 6.61 Å². The summed E-state index contributed by atoms with van der Waals surface area (Å²) in [5, 5.41) is 0.726. The van der Waals surface area contributed by atoms with Gasteiger partial charge in [0.25, 0.3) is 5.19 Å². The highest BCUT2D eigenvalue weighted by Crippen LogP contribution is 2.24. The van der Waals surface area contributed by atoms with Crippen LogP contribution in [0.25, 0.3) is 0 Å². The third-order valence-corrected chi connectivity index (χ3v) is 2.11. The van der Waals surface area contributed by atoms with Gasteiger partial charge in [0.15, 0.2) is 0 Å². The van der Waals surface area contributed by atoms with E-state index in [-0.39, 0.29) is 0 Å². The Hall–Kier alpha value is -0.0900. The zero-order valence-electron chi connectivity index (χ0n) is 4.93. The Labute approximate surface area is 66.0 Å². The van der Waals surface area contributed by atoms with E-state index in [0.717, 1.165) is 8.98 Å². The number of thiazole rings is 1. The van der Waals surface area contributed by atoms with Crippen LogP contribution in [-0.2, 0) is 0 Å². The van der Waals surface area contributed by atoms with Gasteiger partial charge >= 0.3 is 0 Å². The van der Waals surface area contributed by atoms with E-state index in [4.69, 9.17) is 4.74 Å². The molecule has 1 rings (SSSR count). The van der Waals surface area contributed by atoms with Crippen LogP contribution in [0, 0.1) is 0 Å². The minimum atomic E-state index is 0.681. The molecule has 0 saturated carbocycles. The summed E-state index contributed by atoms with van der Waals surface area (Å²) in [5.74, 6) is 0. The summed E-state index contributed by atoms with van der Waals surface area (Å²) in [6.45, 7) is 2.62. The SMILES string of the molecule is CCOc1ncc(Br)s1. The number of hydrogen-bond acceptors (Lipinski definition) is 3. The first-order chi connectivity index (χ1) is 4.33. The standard InChI is InChI=1S/C5H6BrNOS/c1-2-8-5-7-3-4(6)9-5/h3H,2H2,1H3. The Morgan fingerprint density at radius 3 is 3.11 bits per heavy atom. The van der Waals surface area contributed by atoms with Gasteiger partial charge in [-0.25, -0.2) is 4.98 Å². The van der Waals surface area contributed by atoms with Crippen molar-refractivity contribution in [3.8, 4) is 5.19 Å². The lowest BCUT2D eigenvalue weighted by molar-refractivity contribution is 0.338. The summed E-state index contributed by atoms with van der Waals surface area (Å²) in [4.78, 5) is 3.95. The lowest BCUT2D eigenvalue weighted by Crippen LogP contribution is -1.88. The predicted molar refractivity (Wildman–Crippen MR) is 41.0 cm³/mol. The summed E-state index contributed by atoms with van der Waals surface area (Å²) in [5.41, 5.74) is 0. The van der Waals surface area contributed by atoms with Gasteiger partial charge in [-0.1, -0.05) is 11.3 Å². The van der Waals surface area contributed by atoms with Gasteiger partial charge in [-0.15, -0.1) is 0 Å². The molecule has 0 spiro atoms. The number of aromatic nitrogens is 1. The van der Waals surface area contributed by atoms with E-state index in [0.29, 0.717) is 6.61 Å². The van der Waals surface area contributed by atoms with Crippen molar-refractivity contribution in [2.24, 2.45) is 0 Å². The molecule has 0 aromatic carbocycles. The Kier molecular flexibility index (Phi) is 2.48. The third kappa shape index (κ3) is 1.95. The van der Waals surface area contributed by atoms with Gasteiger partial charge in [0.2, 0.25) is 0 Å². The van der Waals surface area contributed by atoms with Crippen LogP contribution in [0.5, 0.6) is 5.19 Å². The maximum Gasteiger partial charge on any atom is 0.274 e. The molecule has 0 amide bonds. The van der Waals surface area contributed by atoms with E-state index in [1.807, 2.05) is 6.92 Å². The van der Waals surface area contributed by atoms with E-state index in [1.54, 1.807) is 6.20 Å². The van der Waals surface area contributed by atoms with Crippen LogP contribution in [0.2, 0.25) is 0 Å². The molecular formula is C5H6BrNOS. The highest BCUT2D eigenvalue weighted by molar-refractivity contribution is 9.11. The van der Waals surface area contributed by atoms with Gasteiger partial charge in [0, 0.05) is 0 Å². The van der Waals surface area contributed by atoms with Crippen molar-refractivity contribution in [3.63, 3.8) is 0 Å². The molecule has 2 nitrogen and oxygen atoms in total. The van der Waals surface area contributed by atoms with E-state index in [2.05, 4.69) is 20.9 Å². The molecule has 0 aliphatic carbocycles. The molecule has 4 heteroatoms. The Morgan fingerprint density at radius 1 is 1.89 bits per heavy atom. The molecule has 0 aliphatic heterocycles. The van der Waals surface area contributed by atoms with Crippen molar-refractivity contribution in [2.45, 2.75) is 6.92 Å². The van der Waals surface area contributed by atoms with Gasteiger partial charge in [0.05, 0.1) is 16.6 Å². The summed E-state index contributed by atoms with van der Waals surface area (Å²) >= 11 is 4.77. The molecule has 0 atom stereocenters. The predicted octanol–water partition coefficient (Wildman–Crippen LogP) is 2.30. The lowest BCUT2D eigenvalue weighted by Gasteiger charge is -1.91. The molecule has 0 radical (unpaired) electrons. The van der Waals surface area contributed by atoms with Crippen molar-refractivity contribution < 1.29 is 4.74 Å². The molecule has 50 valence electrons. The third-order valence-electron chi connectivity index (χ3n) is 0.724. The van der Waals surface area contributed by atoms with Crippen molar-refractivity contribution in [1.29, 1.82) is 0 Å². The topological polar surface area (TPSA) is 22.1 Å². The maximum absolute atomic E-state index is 5.10. The first-order valence-corrected chi connectivity index (χ1v) is 4.18. The Morgan fingerprint density at radius 2 is 2.67 bits per heavy atom. The van der Waals surface area contributed by atoms with Crippen LogP contribution in [-0.4, -0.2) is 11.6 Å². The zero-order valence-corrected chi connectivity index (χ0v) is 7.33. The summed E-state index contributed by atoms with van der Waals surface area (Å²) in [6, 6.07) is 0. The van der Waals surface area contributed by atoms with Crippen LogP contribution >= 0.6 is 27.3 Å². The molecule has 0 unspecified atom stereocenters. The van der Waals surface area contributed by atoms with Crippen molar-refractivity contribution in [3.05, 3.63) is 9.98 Å². The smallest absolute Gasteiger partial charge is 0.274 e. The van der Waals surface area contributed by atoms with Crippen LogP contribution in [0.1, 0.15) is 6.92 Å². The molecular weight excluding hydrogens is 202 g/mol.